The molecule has 0 fully saturated rings. The number of ketones is 3. The summed E-state index contributed by atoms with van der Waals surface area (Å²) in [5, 5.41) is 3.35. The lowest BCUT2D eigenvalue weighted by atomic mass is 9.85. The van der Waals surface area contributed by atoms with E-state index >= 15 is 0 Å². The molecule has 0 saturated heterocycles. The highest BCUT2D eigenvalue weighted by Crippen LogP contribution is 2.36. The van der Waals surface area contributed by atoms with E-state index in [0.29, 0.717) is 18.0 Å². The Hall–Kier alpha value is -6.08. The van der Waals surface area contributed by atoms with Crippen molar-refractivity contribution in [2.75, 3.05) is 20.6 Å². The Kier molecular flexibility index (Phi) is 14.9. The van der Waals surface area contributed by atoms with Crippen molar-refractivity contribution in [1.29, 1.82) is 0 Å². The van der Waals surface area contributed by atoms with E-state index in [9.17, 15) is 14.4 Å². The maximum atomic E-state index is 13.0. The van der Waals surface area contributed by atoms with Gasteiger partial charge >= 0.3 is 0 Å². The summed E-state index contributed by atoms with van der Waals surface area (Å²) in [5.74, 6) is 3.11. The Morgan fingerprint density at radius 2 is 1.12 bits per heavy atom. The largest absolute Gasteiger partial charge is 1.00 e. The average molecular weight is 886 g/mol. The van der Waals surface area contributed by atoms with E-state index in [4.69, 9.17) is 0 Å². The number of H-pyrrole nitrogens is 1. The van der Waals surface area contributed by atoms with Gasteiger partial charge in [-0.25, -0.2) is 9.97 Å². The number of nitrogens with one attached hydrogen (secondary N) is 2. The van der Waals surface area contributed by atoms with Gasteiger partial charge in [-0.2, -0.15) is 0 Å². The highest BCUT2D eigenvalue weighted by atomic mass is 35.5. The predicted molar refractivity (Wildman–Crippen MR) is 250 cm³/mol. The van der Waals surface area contributed by atoms with Gasteiger partial charge < -0.3 is 46.0 Å². The van der Waals surface area contributed by atoms with Gasteiger partial charge in [0, 0.05) is 131 Å². The lowest BCUT2D eigenvalue weighted by Gasteiger charge is -2.23. The fourth-order valence-corrected chi connectivity index (χ4v) is 9.95. The molecule has 3 aliphatic rings. The van der Waals surface area contributed by atoms with Crippen LogP contribution in [0.3, 0.4) is 0 Å². The number of para-hydroxylation sites is 3. The van der Waals surface area contributed by atoms with Crippen molar-refractivity contribution in [3.05, 3.63) is 143 Å². The summed E-state index contributed by atoms with van der Waals surface area (Å²) in [4.78, 5) is 50.0. The molecule has 2 atom stereocenters. The highest BCUT2D eigenvalue weighted by molar-refractivity contribution is 6.12. The van der Waals surface area contributed by atoms with Crippen molar-refractivity contribution in [2.45, 2.75) is 65.3 Å². The van der Waals surface area contributed by atoms with E-state index < -0.39 is 0 Å². The van der Waals surface area contributed by atoms with E-state index in [0.717, 1.165) is 102 Å². The van der Waals surface area contributed by atoms with E-state index in [1.807, 2.05) is 56.4 Å². The van der Waals surface area contributed by atoms with Crippen molar-refractivity contribution in [2.24, 2.45) is 33.0 Å². The first kappa shape index (κ1) is 47.4. The van der Waals surface area contributed by atoms with E-state index in [2.05, 4.69) is 105 Å². The maximum Gasteiger partial charge on any atom is 0.174 e. The third-order valence-corrected chi connectivity index (χ3v) is 13.1. The molecule has 0 amide bonds. The van der Waals surface area contributed by atoms with Crippen LogP contribution in [0.1, 0.15) is 85.5 Å². The number of quaternary nitrogens is 1. The Morgan fingerprint density at radius 1 is 0.641 bits per heavy atom. The minimum Gasteiger partial charge on any atom is -1.00 e. The van der Waals surface area contributed by atoms with Gasteiger partial charge in [-0.3, -0.25) is 14.4 Å². The van der Waals surface area contributed by atoms with Gasteiger partial charge in [0.05, 0.1) is 26.6 Å². The third-order valence-electron chi connectivity index (χ3n) is 13.1. The van der Waals surface area contributed by atoms with Crippen LogP contribution in [0.4, 0.5) is 0 Å². The summed E-state index contributed by atoms with van der Waals surface area (Å²) in [6.07, 6.45) is 13.9. The number of hydrogen-bond acceptors (Lipinski definition) is 5. The smallest absolute Gasteiger partial charge is 0.174 e. The zero-order valence-corrected chi connectivity index (χ0v) is 38.8. The van der Waals surface area contributed by atoms with Crippen LogP contribution in [0.2, 0.25) is 0 Å². The van der Waals surface area contributed by atoms with Crippen LogP contribution in [-0.4, -0.2) is 76.7 Å². The standard InChI is InChI=1S/C18H19N3O.C16H20N2O.C13H13NO.C4H6N2.ClH.H2O/c1-12-19-9-10-21(12)11-13-7-8-16-17(18(13)22)14-5-3-4-6-15(14)20(16)2;1-17(2)10-11-8-9-14-15(16(11)19)12-6-4-5-7-13(12)18(14)3;1-14-10-6-3-2-5-9(10)13-11(14)7-4-8-12(13)15;1-4-5-2-3-6-4;;/h3-6,9-10,13H,7-8,11H2,1-2H3;4-7,11H,8-10H2,1-3H3;2-3,5-6H,4,7-8H2,1H3;2-3H,1H3,(H,5,6);1H;1H2. The molecule has 5 heterocycles. The lowest BCUT2D eigenvalue weighted by molar-refractivity contribution is -0.860. The number of fused-ring (bicyclic) bond motifs is 9. The van der Waals surface area contributed by atoms with Crippen molar-refractivity contribution >= 4 is 50.1 Å². The van der Waals surface area contributed by atoms with Crippen molar-refractivity contribution in [3.63, 3.8) is 0 Å². The number of aromatic nitrogens is 7. The number of carbonyl (C=O) groups excluding carboxylic acids is 3. The fraction of sp³-hybridized carbons (Fsp3) is 0.353. The van der Waals surface area contributed by atoms with Crippen LogP contribution in [0.25, 0.3) is 32.7 Å². The second-order valence-corrected chi connectivity index (χ2v) is 17.4. The molecule has 0 aliphatic heterocycles. The Morgan fingerprint density at radius 3 is 1.58 bits per heavy atom. The number of benzene rings is 3. The number of halogens is 1. The highest BCUT2D eigenvalue weighted by Gasteiger charge is 2.34. The first-order valence-electron chi connectivity index (χ1n) is 22.0. The number of nitrogens with zero attached hydrogens (tertiary/aromatic N) is 6. The normalized spacial score (nSPS) is 16.3. The molecule has 3 aromatic carbocycles. The second kappa shape index (κ2) is 20.2. The van der Waals surface area contributed by atoms with Gasteiger partial charge in [-0.1, -0.05) is 54.6 Å². The molecule has 3 aliphatic carbocycles. The zero-order valence-electron chi connectivity index (χ0n) is 38.0. The van der Waals surface area contributed by atoms with Crippen LogP contribution >= 0.6 is 0 Å². The SMILES string of the molecule is Cc1ncc[nH]1.Cc1nccn1CC1CCc2c(c3ccccc3n2C)C1=O.Cn1c2c(c3ccccc31)C(=O)C(C[NH+](C)C)CC2.Cn1c2c(c3ccccc31)C(=O)CCC2.O.[Cl-]. The molecular weight excluding hydrogens is 824 g/mol. The second-order valence-electron chi connectivity index (χ2n) is 17.4. The van der Waals surface area contributed by atoms with Gasteiger partial charge in [0.25, 0.3) is 0 Å². The zero-order chi connectivity index (χ0) is 43.7. The fourth-order valence-electron chi connectivity index (χ4n) is 9.95. The summed E-state index contributed by atoms with van der Waals surface area (Å²) in [5.41, 5.74) is 10.0. The molecule has 11 rings (SSSR count). The number of aromatic amines is 1. The molecule has 0 spiro atoms. The molecule has 13 heteroatoms. The molecule has 0 saturated carbocycles. The van der Waals surface area contributed by atoms with Crippen molar-refractivity contribution in [1.82, 2.24) is 33.2 Å². The molecule has 0 radical (unpaired) electrons. The monoisotopic (exact) mass is 884 g/mol. The number of Topliss-reactive ketones (excluding diaryl/α,β-unsaturated/α-hetero) is 3. The van der Waals surface area contributed by atoms with E-state index in [-0.39, 0.29) is 35.5 Å². The molecule has 2 unspecified atom stereocenters. The average Bonchev–Trinajstić information content (AvgIpc) is 4.10. The predicted octanol–water partition coefficient (Wildman–Crippen LogP) is 3.79. The first-order chi connectivity index (χ1) is 29.9. The Balaban J connectivity index is 0.000000149. The molecule has 4 N–H and O–H groups in total. The number of hydrogen-bond donors (Lipinski definition) is 2. The summed E-state index contributed by atoms with van der Waals surface area (Å²) in [7, 11) is 10.4. The first-order valence-corrected chi connectivity index (χ1v) is 22.0. The van der Waals surface area contributed by atoms with Crippen LogP contribution in [0.5, 0.6) is 0 Å². The molecule has 12 nitrogen and oxygen atoms in total. The minimum absolute atomic E-state index is 0. The van der Waals surface area contributed by atoms with Crippen LogP contribution in [0.15, 0.2) is 97.6 Å². The summed E-state index contributed by atoms with van der Waals surface area (Å²) in [6, 6.07) is 24.6. The summed E-state index contributed by atoms with van der Waals surface area (Å²) in [6.45, 7) is 5.56. The Labute approximate surface area is 381 Å². The van der Waals surface area contributed by atoms with Gasteiger partial charge in [0.1, 0.15) is 11.6 Å². The molecular formula is C51H61ClN8O4. The summed E-state index contributed by atoms with van der Waals surface area (Å²) >= 11 is 0. The van der Waals surface area contributed by atoms with Gasteiger partial charge in [-0.05, 0) is 70.6 Å². The molecule has 0 bridgehead atoms. The molecule has 5 aromatic heterocycles. The molecule has 8 aromatic rings. The van der Waals surface area contributed by atoms with Crippen molar-refractivity contribution < 1.29 is 37.2 Å². The maximum absolute atomic E-state index is 13.0. The number of rotatable bonds is 4. The third kappa shape index (κ3) is 9.13. The lowest BCUT2D eigenvalue weighted by Crippen LogP contribution is -3.06. The number of carbonyl (C=O) groups is 3. The van der Waals surface area contributed by atoms with Crippen LogP contribution in [-0.2, 0) is 47.0 Å². The Bertz CT molecular complexity index is 2910. The molecule has 336 valence electrons. The van der Waals surface area contributed by atoms with E-state index in [1.165, 1.54) is 33.0 Å². The number of imidazole rings is 2. The van der Waals surface area contributed by atoms with Gasteiger partial charge in [0.2, 0.25) is 0 Å². The van der Waals surface area contributed by atoms with E-state index in [1.54, 1.807) is 18.6 Å². The minimum atomic E-state index is 0. The number of aryl methyl sites for hydroxylation is 5. The van der Waals surface area contributed by atoms with Crippen LogP contribution in [0, 0.1) is 25.7 Å². The van der Waals surface area contributed by atoms with Crippen molar-refractivity contribution in [3.8, 4) is 0 Å². The topological polar surface area (TPSA) is 148 Å². The van der Waals surface area contributed by atoms with Gasteiger partial charge in [0.15, 0.2) is 17.3 Å². The quantitative estimate of drug-likeness (QED) is 0.276. The summed E-state index contributed by atoms with van der Waals surface area (Å²) < 4.78 is 8.63. The van der Waals surface area contributed by atoms with Gasteiger partial charge in [-0.15, -0.1) is 0 Å². The molecule has 64 heavy (non-hydrogen) atoms. The van der Waals surface area contributed by atoms with Crippen LogP contribution < -0.4 is 17.3 Å².